The van der Waals surface area contributed by atoms with Gasteiger partial charge in [0.25, 0.3) is 0 Å². The first-order valence-electron chi connectivity index (χ1n) is 12.0. The fraction of sp³-hybridized carbons (Fsp3) is 0.429. The molecule has 3 aromatic rings. The number of aromatic amines is 1. The molecule has 4 rings (SSSR count). The topological polar surface area (TPSA) is 31.1 Å². The number of nitrogens with zero attached hydrogens (tertiary/aromatic N) is 1. The lowest BCUT2D eigenvalue weighted by atomic mass is 9.74. The minimum atomic E-state index is -4.12. The maximum absolute atomic E-state index is 12.7. The van der Waals surface area contributed by atoms with Crippen LogP contribution in [-0.4, -0.2) is 35.7 Å². The molecule has 0 saturated carbocycles. The molecule has 0 aliphatic carbocycles. The molecule has 2 N–H and O–H groups in total. The van der Waals surface area contributed by atoms with E-state index in [9.17, 15) is 13.2 Å². The summed E-state index contributed by atoms with van der Waals surface area (Å²) < 4.78 is 38.0. The van der Waals surface area contributed by atoms with E-state index in [1.807, 2.05) is 13.1 Å². The Bertz CT molecular complexity index is 1120. The van der Waals surface area contributed by atoms with Crippen LogP contribution in [0.25, 0.3) is 10.9 Å². The molecule has 0 amide bonds. The standard InChI is InChI=1S/C28H34F3N3/c1-20(2)33-26-18-32-25-12-9-22(17-24(25)26)6-4-5-21-7-10-23(11-8-21)27(3)13-15-34(16-14-27)19-28(29,30)31/h7-12,17-18,32-33H,1,4-6,13-16,19H2,2-3H3. The van der Waals surface area contributed by atoms with Crippen molar-refractivity contribution in [1.82, 2.24) is 9.88 Å². The number of H-pyrrole nitrogens is 1. The molecule has 182 valence electrons. The first-order valence-corrected chi connectivity index (χ1v) is 12.0. The average molecular weight is 470 g/mol. The molecule has 6 heteroatoms. The summed E-state index contributed by atoms with van der Waals surface area (Å²) in [4.78, 5) is 4.82. The predicted molar refractivity (Wildman–Crippen MR) is 134 cm³/mol. The van der Waals surface area contributed by atoms with Crippen LogP contribution >= 0.6 is 0 Å². The van der Waals surface area contributed by atoms with Gasteiger partial charge < -0.3 is 10.3 Å². The summed E-state index contributed by atoms with van der Waals surface area (Å²) in [5, 5.41) is 4.49. The molecule has 2 aromatic carbocycles. The minimum absolute atomic E-state index is 0.0534. The Kier molecular flexibility index (Phi) is 7.08. The molecule has 0 spiro atoms. The van der Waals surface area contributed by atoms with Gasteiger partial charge in [0.2, 0.25) is 0 Å². The highest BCUT2D eigenvalue weighted by molar-refractivity contribution is 5.93. The highest BCUT2D eigenvalue weighted by Gasteiger charge is 2.36. The molecule has 1 fully saturated rings. The maximum Gasteiger partial charge on any atom is 0.401 e. The van der Waals surface area contributed by atoms with E-state index in [0.717, 1.165) is 49.0 Å². The zero-order chi connectivity index (χ0) is 24.3. The Balaban J connectivity index is 1.31. The Morgan fingerprint density at radius 2 is 1.71 bits per heavy atom. The normalized spacial score (nSPS) is 16.6. The molecular weight excluding hydrogens is 435 g/mol. The lowest BCUT2D eigenvalue weighted by molar-refractivity contribution is -0.149. The Morgan fingerprint density at radius 1 is 1.06 bits per heavy atom. The summed E-state index contributed by atoms with van der Waals surface area (Å²) >= 11 is 0. The second-order valence-corrected chi connectivity index (χ2v) is 9.99. The van der Waals surface area contributed by atoms with Crippen LogP contribution in [0.15, 0.2) is 60.9 Å². The quantitative estimate of drug-likeness (QED) is 0.365. The van der Waals surface area contributed by atoms with Crippen LogP contribution in [0.1, 0.15) is 49.8 Å². The van der Waals surface area contributed by atoms with E-state index in [0.29, 0.717) is 13.1 Å². The number of nitrogens with one attached hydrogen (secondary N) is 2. The van der Waals surface area contributed by atoms with Crippen LogP contribution in [-0.2, 0) is 18.3 Å². The third-order valence-electron chi connectivity index (χ3n) is 7.04. The molecule has 1 aromatic heterocycles. The molecule has 34 heavy (non-hydrogen) atoms. The van der Waals surface area contributed by atoms with E-state index >= 15 is 0 Å². The van der Waals surface area contributed by atoms with E-state index in [-0.39, 0.29) is 5.41 Å². The largest absolute Gasteiger partial charge is 0.401 e. The summed E-state index contributed by atoms with van der Waals surface area (Å²) in [7, 11) is 0. The van der Waals surface area contributed by atoms with Crippen molar-refractivity contribution in [2.75, 3.05) is 25.0 Å². The van der Waals surface area contributed by atoms with E-state index in [1.54, 1.807) is 0 Å². The van der Waals surface area contributed by atoms with Gasteiger partial charge in [-0.2, -0.15) is 13.2 Å². The zero-order valence-corrected chi connectivity index (χ0v) is 20.1. The number of fused-ring (bicyclic) bond motifs is 1. The van der Waals surface area contributed by atoms with Gasteiger partial charge >= 0.3 is 6.18 Å². The van der Waals surface area contributed by atoms with Gasteiger partial charge in [0, 0.05) is 22.8 Å². The predicted octanol–water partition coefficient (Wildman–Crippen LogP) is 7.20. The third-order valence-corrected chi connectivity index (χ3v) is 7.04. The molecule has 0 atom stereocenters. The second kappa shape index (κ2) is 9.87. The van der Waals surface area contributed by atoms with Crippen LogP contribution in [0, 0.1) is 0 Å². The van der Waals surface area contributed by atoms with Gasteiger partial charge in [0.1, 0.15) is 0 Å². The number of allylic oxidation sites excluding steroid dienone is 1. The van der Waals surface area contributed by atoms with Gasteiger partial charge in [-0.1, -0.05) is 43.8 Å². The van der Waals surface area contributed by atoms with E-state index in [2.05, 4.69) is 66.3 Å². The number of anilines is 1. The van der Waals surface area contributed by atoms with Crippen LogP contribution in [0.2, 0.25) is 0 Å². The highest BCUT2D eigenvalue weighted by atomic mass is 19.4. The van der Waals surface area contributed by atoms with Gasteiger partial charge in [-0.3, -0.25) is 4.90 Å². The minimum Gasteiger partial charge on any atom is -0.359 e. The summed E-state index contributed by atoms with van der Waals surface area (Å²) in [5.74, 6) is 0. The van der Waals surface area contributed by atoms with Crippen LogP contribution in [0.4, 0.5) is 18.9 Å². The number of likely N-dealkylation sites (tertiary alicyclic amines) is 1. The molecule has 0 bridgehead atoms. The number of aromatic nitrogens is 1. The summed E-state index contributed by atoms with van der Waals surface area (Å²) in [6.45, 7) is 8.25. The molecule has 1 aliphatic rings. The Morgan fingerprint density at radius 3 is 2.35 bits per heavy atom. The van der Waals surface area contributed by atoms with Crippen molar-refractivity contribution in [2.45, 2.75) is 57.5 Å². The number of halogens is 3. The van der Waals surface area contributed by atoms with Crippen LogP contribution in [0.3, 0.4) is 0 Å². The van der Waals surface area contributed by atoms with Gasteiger partial charge in [0.15, 0.2) is 0 Å². The van der Waals surface area contributed by atoms with E-state index in [1.165, 1.54) is 27.0 Å². The SMILES string of the molecule is C=C(C)Nc1c[nH]c2ccc(CCCc3ccc(C4(C)CCN(CC(F)(F)F)CC4)cc3)cc12. The molecule has 0 radical (unpaired) electrons. The van der Waals surface area contributed by atoms with Crippen molar-refractivity contribution >= 4 is 16.6 Å². The van der Waals surface area contributed by atoms with Gasteiger partial charge in [-0.25, -0.2) is 0 Å². The average Bonchev–Trinajstić information content (AvgIpc) is 3.16. The van der Waals surface area contributed by atoms with E-state index in [4.69, 9.17) is 0 Å². The fourth-order valence-corrected chi connectivity index (χ4v) is 4.97. The lowest BCUT2D eigenvalue weighted by Gasteiger charge is -2.40. The molecule has 1 aliphatic heterocycles. The maximum atomic E-state index is 12.7. The third kappa shape index (κ3) is 6.03. The number of hydrogen-bond donors (Lipinski definition) is 2. The Hall–Kier alpha value is -2.73. The van der Waals surface area contributed by atoms with E-state index < -0.39 is 12.7 Å². The van der Waals surface area contributed by atoms with Gasteiger partial charge in [-0.05, 0) is 86.4 Å². The molecule has 0 unspecified atom stereocenters. The first kappa shape index (κ1) is 24.4. The second-order valence-electron chi connectivity index (χ2n) is 9.99. The number of benzene rings is 2. The van der Waals surface area contributed by atoms with Crippen molar-refractivity contribution < 1.29 is 13.2 Å². The van der Waals surface area contributed by atoms with Crippen LogP contribution < -0.4 is 5.32 Å². The molecule has 2 heterocycles. The first-order chi connectivity index (χ1) is 16.1. The van der Waals surface area contributed by atoms with Crippen molar-refractivity contribution in [1.29, 1.82) is 0 Å². The highest BCUT2D eigenvalue weighted by Crippen LogP contribution is 2.36. The number of alkyl halides is 3. The van der Waals surface area contributed by atoms with Crippen molar-refractivity contribution in [3.63, 3.8) is 0 Å². The number of aryl methyl sites for hydroxylation is 2. The van der Waals surface area contributed by atoms with Crippen LogP contribution in [0.5, 0.6) is 0 Å². The Labute approximate surface area is 200 Å². The smallest absolute Gasteiger partial charge is 0.359 e. The fourth-order valence-electron chi connectivity index (χ4n) is 4.97. The number of piperidine rings is 1. The number of rotatable bonds is 8. The summed E-state index contributed by atoms with van der Waals surface area (Å²) in [5.41, 5.74) is 6.87. The zero-order valence-electron chi connectivity index (χ0n) is 20.1. The molecule has 1 saturated heterocycles. The van der Waals surface area contributed by atoms with Gasteiger partial charge in [0.05, 0.1) is 12.2 Å². The lowest BCUT2D eigenvalue weighted by Crippen LogP contribution is -2.44. The summed E-state index contributed by atoms with van der Waals surface area (Å²) in [6.07, 6.45) is 2.43. The van der Waals surface area contributed by atoms with Crippen molar-refractivity contribution in [3.8, 4) is 0 Å². The van der Waals surface area contributed by atoms with Crippen molar-refractivity contribution in [2.24, 2.45) is 0 Å². The molecule has 3 nitrogen and oxygen atoms in total. The van der Waals surface area contributed by atoms with Crippen molar-refractivity contribution in [3.05, 3.63) is 77.6 Å². The number of hydrogen-bond acceptors (Lipinski definition) is 2. The van der Waals surface area contributed by atoms with Gasteiger partial charge in [-0.15, -0.1) is 0 Å². The monoisotopic (exact) mass is 469 g/mol. The summed E-state index contributed by atoms with van der Waals surface area (Å²) in [6, 6.07) is 15.3. The molecular formula is C28H34F3N3.